The van der Waals surface area contributed by atoms with E-state index in [0.29, 0.717) is 5.56 Å². The van der Waals surface area contributed by atoms with E-state index < -0.39 is 0 Å². The highest BCUT2D eigenvalue weighted by atomic mass is 19.1. The maximum absolute atomic E-state index is 14.1. The van der Waals surface area contributed by atoms with E-state index in [-0.39, 0.29) is 11.9 Å². The molecule has 2 rings (SSSR count). The summed E-state index contributed by atoms with van der Waals surface area (Å²) >= 11 is 0. The number of rotatable bonds is 5. The van der Waals surface area contributed by atoms with E-state index in [0.717, 1.165) is 29.9 Å². The molecule has 0 aliphatic carbocycles. The van der Waals surface area contributed by atoms with Gasteiger partial charge in [0.2, 0.25) is 0 Å². The monoisotopic (exact) mass is 273 g/mol. The van der Waals surface area contributed by atoms with Crippen LogP contribution in [0.5, 0.6) is 0 Å². The lowest BCUT2D eigenvalue weighted by atomic mass is 9.97. The molecule has 106 valence electrons. The molecule has 0 spiro atoms. The van der Waals surface area contributed by atoms with E-state index >= 15 is 0 Å². The van der Waals surface area contributed by atoms with E-state index in [2.05, 4.69) is 22.4 Å². The Kier molecular flexibility index (Phi) is 4.79. The van der Waals surface area contributed by atoms with Crippen LogP contribution in [-0.2, 0) is 0 Å². The number of nitrogens with one attached hydrogen (secondary N) is 1. The Morgan fingerprint density at radius 3 is 2.60 bits per heavy atom. The Balaban J connectivity index is 2.47. The molecule has 0 radical (unpaired) electrons. The summed E-state index contributed by atoms with van der Waals surface area (Å²) in [4.78, 5) is 0. The van der Waals surface area contributed by atoms with Crippen molar-refractivity contribution in [2.75, 3.05) is 6.54 Å². The maximum atomic E-state index is 14.1. The van der Waals surface area contributed by atoms with Gasteiger partial charge in [0.25, 0.3) is 0 Å². The van der Waals surface area contributed by atoms with Gasteiger partial charge in [-0.2, -0.15) is 10.2 Å². The van der Waals surface area contributed by atoms with Crippen LogP contribution in [0.3, 0.4) is 0 Å². The van der Waals surface area contributed by atoms with Crippen LogP contribution in [-0.4, -0.2) is 16.7 Å². The van der Waals surface area contributed by atoms with E-state index in [9.17, 15) is 4.39 Å². The van der Waals surface area contributed by atoms with Crippen LogP contribution in [0.4, 0.5) is 4.39 Å². The van der Waals surface area contributed by atoms with E-state index in [1.54, 1.807) is 6.07 Å². The predicted molar refractivity (Wildman–Crippen MR) is 78.0 cm³/mol. The van der Waals surface area contributed by atoms with Gasteiger partial charge in [-0.3, -0.25) is 0 Å². The lowest BCUT2D eigenvalue weighted by Gasteiger charge is -2.21. The number of hydrogen-bond acceptors (Lipinski definition) is 3. The van der Waals surface area contributed by atoms with Gasteiger partial charge in [0.1, 0.15) is 5.82 Å². The van der Waals surface area contributed by atoms with Gasteiger partial charge in [-0.25, -0.2) is 4.39 Å². The van der Waals surface area contributed by atoms with E-state index in [1.165, 1.54) is 6.07 Å². The summed E-state index contributed by atoms with van der Waals surface area (Å²) in [6, 6.07) is 8.66. The van der Waals surface area contributed by atoms with Crippen molar-refractivity contribution in [3.8, 4) is 0 Å². The molecule has 20 heavy (non-hydrogen) atoms. The number of benzene rings is 1. The molecule has 1 heterocycles. The molecule has 0 fully saturated rings. The number of aryl methyl sites for hydroxylation is 2. The third-order valence-corrected chi connectivity index (χ3v) is 3.27. The van der Waals surface area contributed by atoms with Crippen molar-refractivity contribution in [1.29, 1.82) is 0 Å². The summed E-state index contributed by atoms with van der Waals surface area (Å²) in [6.07, 6.45) is 0.988. The van der Waals surface area contributed by atoms with Gasteiger partial charge in [0.05, 0.1) is 17.4 Å². The lowest BCUT2D eigenvalue weighted by Crippen LogP contribution is -2.25. The van der Waals surface area contributed by atoms with Crippen LogP contribution >= 0.6 is 0 Å². The van der Waals surface area contributed by atoms with Crippen LogP contribution in [0.1, 0.15) is 41.9 Å². The first-order valence-electron chi connectivity index (χ1n) is 6.92. The quantitative estimate of drug-likeness (QED) is 0.908. The minimum atomic E-state index is -0.199. The minimum absolute atomic E-state index is 0.189. The van der Waals surface area contributed by atoms with Gasteiger partial charge in [-0.15, -0.1) is 0 Å². The third-order valence-electron chi connectivity index (χ3n) is 3.27. The van der Waals surface area contributed by atoms with Crippen molar-refractivity contribution in [2.45, 2.75) is 33.2 Å². The summed E-state index contributed by atoms with van der Waals surface area (Å²) in [5, 5.41) is 11.6. The molecular weight excluding hydrogens is 253 g/mol. The predicted octanol–water partition coefficient (Wildman–Crippen LogP) is 3.32. The fraction of sp³-hybridized carbons (Fsp3) is 0.375. The van der Waals surface area contributed by atoms with Crippen LogP contribution in [0.2, 0.25) is 0 Å². The Bertz CT molecular complexity index is 584. The maximum Gasteiger partial charge on any atom is 0.128 e. The molecule has 1 atom stereocenters. The van der Waals surface area contributed by atoms with E-state index in [1.807, 2.05) is 32.0 Å². The van der Waals surface area contributed by atoms with Crippen LogP contribution < -0.4 is 5.32 Å². The van der Waals surface area contributed by atoms with Gasteiger partial charge >= 0.3 is 0 Å². The molecule has 1 N–H and O–H groups in total. The van der Waals surface area contributed by atoms with Crippen LogP contribution in [0, 0.1) is 19.7 Å². The Morgan fingerprint density at radius 1 is 1.15 bits per heavy atom. The average Bonchev–Trinajstić information content (AvgIpc) is 2.44. The topological polar surface area (TPSA) is 37.8 Å². The molecule has 2 aromatic rings. The molecule has 0 amide bonds. The largest absolute Gasteiger partial charge is 0.306 e. The van der Waals surface area contributed by atoms with Crippen LogP contribution in [0.25, 0.3) is 0 Å². The fourth-order valence-electron chi connectivity index (χ4n) is 2.25. The molecule has 4 heteroatoms. The number of hydrogen-bond donors (Lipinski definition) is 1. The fourth-order valence-corrected chi connectivity index (χ4v) is 2.25. The Hall–Kier alpha value is -1.81. The zero-order valence-electron chi connectivity index (χ0n) is 12.2. The van der Waals surface area contributed by atoms with Crippen molar-refractivity contribution in [2.24, 2.45) is 0 Å². The summed E-state index contributed by atoms with van der Waals surface area (Å²) in [6.45, 7) is 6.71. The Morgan fingerprint density at radius 2 is 1.90 bits per heavy atom. The normalized spacial score (nSPS) is 12.4. The molecule has 1 aromatic heterocycles. The molecule has 3 nitrogen and oxygen atoms in total. The van der Waals surface area contributed by atoms with Crippen molar-refractivity contribution in [1.82, 2.24) is 15.5 Å². The zero-order valence-corrected chi connectivity index (χ0v) is 12.2. The standard InChI is InChI=1S/C16H20FN3/c1-4-9-18-16(13-7-5-6-8-15(13)17)14-10-11(2)19-20-12(14)3/h5-8,10,16,18H,4,9H2,1-3H3. The SMILES string of the molecule is CCCNC(c1ccccc1F)c1cc(C)nnc1C. The number of halogens is 1. The second-order valence-corrected chi connectivity index (χ2v) is 4.94. The number of aromatic nitrogens is 2. The third kappa shape index (κ3) is 3.20. The minimum Gasteiger partial charge on any atom is -0.306 e. The van der Waals surface area contributed by atoms with Crippen molar-refractivity contribution < 1.29 is 4.39 Å². The first-order chi connectivity index (χ1) is 9.63. The first-order valence-corrected chi connectivity index (χ1v) is 6.92. The number of nitrogens with zero attached hydrogens (tertiary/aromatic N) is 2. The summed E-state index contributed by atoms with van der Waals surface area (Å²) in [5.74, 6) is -0.199. The average molecular weight is 273 g/mol. The second kappa shape index (κ2) is 6.57. The molecule has 0 saturated carbocycles. The molecule has 0 bridgehead atoms. The molecular formula is C16H20FN3. The van der Waals surface area contributed by atoms with E-state index in [4.69, 9.17) is 0 Å². The van der Waals surface area contributed by atoms with Gasteiger partial charge in [-0.05, 0) is 44.5 Å². The highest BCUT2D eigenvalue weighted by Gasteiger charge is 2.19. The summed E-state index contributed by atoms with van der Waals surface area (Å²) < 4.78 is 14.1. The smallest absolute Gasteiger partial charge is 0.128 e. The summed E-state index contributed by atoms with van der Waals surface area (Å²) in [5.41, 5.74) is 3.30. The van der Waals surface area contributed by atoms with Crippen molar-refractivity contribution in [3.63, 3.8) is 0 Å². The van der Waals surface area contributed by atoms with Crippen molar-refractivity contribution >= 4 is 0 Å². The molecule has 0 saturated heterocycles. The Labute approximate surface area is 119 Å². The molecule has 1 unspecified atom stereocenters. The highest BCUT2D eigenvalue weighted by molar-refractivity contribution is 5.35. The molecule has 0 aliphatic heterocycles. The van der Waals surface area contributed by atoms with Gasteiger partial charge in [0.15, 0.2) is 0 Å². The van der Waals surface area contributed by atoms with Crippen LogP contribution in [0.15, 0.2) is 30.3 Å². The zero-order chi connectivity index (χ0) is 14.5. The van der Waals surface area contributed by atoms with Gasteiger partial charge in [-0.1, -0.05) is 25.1 Å². The highest BCUT2D eigenvalue weighted by Crippen LogP contribution is 2.26. The summed E-state index contributed by atoms with van der Waals surface area (Å²) in [7, 11) is 0. The lowest BCUT2D eigenvalue weighted by molar-refractivity contribution is 0.542. The second-order valence-electron chi connectivity index (χ2n) is 4.94. The molecule has 0 aliphatic rings. The van der Waals surface area contributed by atoms with Gasteiger partial charge in [0, 0.05) is 5.56 Å². The first kappa shape index (κ1) is 14.6. The van der Waals surface area contributed by atoms with Crippen molar-refractivity contribution in [3.05, 3.63) is 58.7 Å². The van der Waals surface area contributed by atoms with Gasteiger partial charge < -0.3 is 5.32 Å². The molecule has 1 aromatic carbocycles.